The molecule has 4 aromatic rings. The Labute approximate surface area is 149 Å². The SMILES string of the molecule is C#Cc1cnn2c(NC(=O)c3cccnc3)cc(-c3ccccc3)nc12. The molecule has 0 aliphatic rings. The molecule has 0 fully saturated rings. The van der Waals surface area contributed by atoms with Crippen molar-refractivity contribution in [1.82, 2.24) is 19.6 Å². The van der Waals surface area contributed by atoms with Crippen LogP contribution in [0.3, 0.4) is 0 Å². The zero-order chi connectivity index (χ0) is 17.9. The molecule has 124 valence electrons. The summed E-state index contributed by atoms with van der Waals surface area (Å²) in [7, 11) is 0. The first-order valence-corrected chi connectivity index (χ1v) is 7.88. The molecule has 3 heterocycles. The van der Waals surface area contributed by atoms with Gasteiger partial charge in [-0.2, -0.15) is 9.61 Å². The monoisotopic (exact) mass is 339 g/mol. The highest BCUT2D eigenvalue weighted by Gasteiger charge is 2.14. The van der Waals surface area contributed by atoms with Gasteiger partial charge in [0.25, 0.3) is 5.91 Å². The molecule has 0 bridgehead atoms. The molecule has 0 aliphatic carbocycles. The molecule has 0 atom stereocenters. The van der Waals surface area contributed by atoms with E-state index in [1.165, 1.54) is 10.7 Å². The molecule has 0 aliphatic heterocycles. The van der Waals surface area contributed by atoms with E-state index in [1.807, 2.05) is 30.3 Å². The molecule has 0 spiro atoms. The van der Waals surface area contributed by atoms with Crippen molar-refractivity contribution < 1.29 is 4.79 Å². The third-order valence-electron chi connectivity index (χ3n) is 3.86. The average molecular weight is 339 g/mol. The zero-order valence-corrected chi connectivity index (χ0v) is 13.6. The molecular formula is C20H13N5O. The largest absolute Gasteiger partial charge is 0.306 e. The number of amides is 1. The number of carbonyl (C=O) groups excluding carboxylic acids is 1. The molecule has 0 saturated carbocycles. The standard InChI is InChI=1S/C20H13N5O/c1-2-14-13-22-25-18(24-20(26)16-9-6-10-21-12-16)11-17(23-19(14)25)15-7-4-3-5-8-15/h1,3-13H,(H,24,26). The van der Waals surface area contributed by atoms with E-state index in [2.05, 4.69) is 26.3 Å². The van der Waals surface area contributed by atoms with E-state index in [4.69, 9.17) is 6.42 Å². The summed E-state index contributed by atoms with van der Waals surface area (Å²) < 4.78 is 1.52. The topological polar surface area (TPSA) is 72.2 Å². The predicted molar refractivity (Wildman–Crippen MR) is 98.5 cm³/mol. The van der Waals surface area contributed by atoms with Gasteiger partial charge in [0.1, 0.15) is 5.82 Å². The predicted octanol–water partition coefficient (Wildman–Crippen LogP) is 3.02. The molecule has 0 unspecified atom stereocenters. The van der Waals surface area contributed by atoms with E-state index >= 15 is 0 Å². The highest BCUT2D eigenvalue weighted by atomic mass is 16.1. The Bertz CT molecular complexity index is 1130. The maximum Gasteiger partial charge on any atom is 0.258 e. The fraction of sp³-hybridized carbons (Fsp3) is 0. The van der Waals surface area contributed by atoms with Gasteiger partial charge in [0.05, 0.1) is 23.0 Å². The maximum absolute atomic E-state index is 12.5. The zero-order valence-electron chi connectivity index (χ0n) is 13.6. The van der Waals surface area contributed by atoms with Gasteiger partial charge in [-0.05, 0) is 12.1 Å². The lowest BCUT2D eigenvalue weighted by Crippen LogP contribution is -2.15. The minimum atomic E-state index is -0.289. The van der Waals surface area contributed by atoms with Crippen LogP contribution in [0.5, 0.6) is 0 Å². The van der Waals surface area contributed by atoms with E-state index in [9.17, 15) is 4.79 Å². The van der Waals surface area contributed by atoms with Gasteiger partial charge in [-0.15, -0.1) is 6.42 Å². The number of nitrogens with one attached hydrogen (secondary N) is 1. The van der Waals surface area contributed by atoms with Crippen LogP contribution in [0, 0.1) is 12.3 Å². The number of terminal acetylenes is 1. The minimum absolute atomic E-state index is 0.289. The summed E-state index contributed by atoms with van der Waals surface area (Å²) in [4.78, 5) is 21.1. The first-order chi connectivity index (χ1) is 12.8. The first kappa shape index (κ1) is 15.5. The summed E-state index contributed by atoms with van der Waals surface area (Å²) >= 11 is 0. The number of nitrogens with zero attached hydrogens (tertiary/aromatic N) is 4. The first-order valence-electron chi connectivity index (χ1n) is 7.88. The van der Waals surface area contributed by atoms with Gasteiger partial charge >= 0.3 is 0 Å². The van der Waals surface area contributed by atoms with Crippen LogP contribution in [0.1, 0.15) is 15.9 Å². The van der Waals surface area contributed by atoms with E-state index in [-0.39, 0.29) is 5.91 Å². The van der Waals surface area contributed by atoms with Gasteiger partial charge in [-0.1, -0.05) is 36.3 Å². The third kappa shape index (κ3) is 2.78. The summed E-state index contributed by atoms with van der Waals surface area (Å²) in [6.07, 6.45) is 10.2. The van der Waals surface area contributed by atoms with Crippen LogP contribution in [-0.4, -0.2) is 25.5 Å². The minimum Gasteiger partial charge on any atom is -0.306 e. The fourth-order valence-electron chi connectivity index (χ4n) is 2.60. The molecule has 6 heteroatoms. The molecule has 1 N–H and O–H groups in total. The Hall–Kier alpha value is -3.98. The smallest absolute Gasteiger partial charge is 0.258 e. The summed E-state index contributed by atoms with van der Waals surface area (Å²) in [5.41, 5.74) is 3.12. The molecule has 0 radical (unpaired) electrons. The molecule has 1 aromatic carbocycles. The number of hydrogen-bond acceptors (Lipinski definition) is 4. The number of carbonyl (C=O) groups is 1. The summed E-state index contributed by atoms with van der Waals surface area (Å²) in [6, 6.07) is 14.8. The molecule has 0 saturated heterocycles. The molecule has 26 heavy (non-hydrogen) atoms. The lowest BCUT2D eigenvalue weighted by atomic mass is 10.1. The molecule has 1 amide bonds. The van der Waals surface area contributed by atoms with E-state index in [1.54, 1.807) is 30.6 Å². The molecule has 6 nitrogen and oxygen atoms in total. The van der Waals surface area contributed by atoms with Gasteiger partial charge in [0, 0.05) is 24.0 Å². The van der Waals surface area contributed by atoms with Crippen LogP contribution in [0.25, 0.3) is 16.9 Å². The average Bonchev–Trinajstić information content (AvgIpc) is 3.12. The number of anilines is 1. The van der Waals surface area contributed by atoms with Crippen LogP contribution >= 0.6 is 0 Å². The van der Waals surface area contributed by atoms with Crippen molar-refractivity contribution in [3.05, 3.63) is 78.2 Å². The van der Waals surface area contributed by atoms with Crippen molar-refractivity contribution in [2.24, 2.45) is 0 Å². The van der Waals surface area contributed by atoms with Gasteiger partial charge in [0.2, 0.25) is 0 Å². The second-order valence-corrected chi connectivity index (χ2v) is 5.53. The number of benzene rings is 1. The van der Waals surface area contributed by atoms with Crippen LogP contribution in [-0.2, 0) is 0 Å². The highest BCUT2D eigenvalue weighted by Crippen LogP contribution is 2.23. The number of fused-ring (bicyclic) bond motifs is 1. The van der Waals surface area contributed by atoms with Crippen molar-refractivity contribution in [2.45, 2.75) is 0 Å². The van der Waals surface area contributed by atoms with Gasteiger partial charge in [-0.3, -0.25) is 9.78 Å². The third-order valence-corrected chi connectivity index (χ3v) is 3.86. The number of pyridine rings is 1. The highest BCUT2D eigenvalue weighted by molar-refractivity contribution is 6.04. The Kier molecular flexibility index (Phi) is 3.88. The van der Waals surface area contributed by atoms with Crippen LogP contribution < -0.4 is 5.32 Å². The lowest BCUT2D eigenvalue weighted by molar-refractivity contribution is 0.102. The van der Waals surface area contributed by atoms with Gasteiger partial charge < -0.3 is 5.32 Å². The summed E-state index contributed by atoms with van der Waals surface area (Å²) in [5, 5.41) is 7.11. The van der Waals surface area contributed by atoms with Gasteiger partial charge in [0.15, 0.2) is 5.65 Å². The Morgan fingerprint density at radius 2 is 1.96 bits per heavy atom. The summed E-state index contributed by atoms with van der Waals surface area (Å²) in [5.74, 6) is 2.76. The molecule has 4 rings (SSSR count). The van der Waals surface area contributed by atoms with Crippen molar-refractivity contribution in [1.29, 1.82) is 0 Å². The maximum atomic E-state index is 12.5. The van der Waals surface area contributed by atoms with Crippen molar-refractivity contribution in [3.8, 4) is 23.6 Å². The van der Waals surface area contributed by atoms with E-state index in [0.29, 0.717) is 28.3 Å². The Balaban J connectivity index is 1.84. The van der Waals surface area contributed by atoms with Crippen molar-refractivity contribution in [3.63, 3.8) is 0 Å². The number of hydrogen-bond donors (Lipinski definition) is 1. The number of aromatic nitrogens is 4. The van der Waals surface area contributed by atoms with Crippen LogP contribution in [0.4, 0.5) is 5.82 Å². The normalized spacial score (nSPS) is 10.4. The molecular weight excluding hydrogens is 326 g/mol. The van der Waals surface area contributed by atoms with Crippen LogP contribution in [0.2, 0.25) is 0 Å². The Morgan fingerprint density at radius 1 is 1.12 bits per heavy atom. The van der Waals surface area contributed by atoms with E-state index in [0.717, 1.165) is 5.56 Å². The second kappa shape index (κ2) is 6.49. The lowest BCUT2D eigenvalue weighted by Gasteiger charge is -2.10. The second-order valence-electron chi connectivity index (χ2n) is 5.53. The quantitative estimate of drug-likeness (QED) is 0.582. The Morgan fingerprint density at radius 3 is 2.69 bits per heavy atom. The number of rotatable bonds is 3. The van der Waals surface area contributed by atoms with Crippen LogP contribution in [0.15, 0.2) is 67.1 Å². The van der Waals surface area contributed by atoms with E-state index < -0.39 is 0 Å². The molecule has 3 aromatic heterocycles. The van der Waals surface area contributed by atoms with Crippen molar-refractivity contribution >= 4 is 17.4 Å². The summed E-state index contributed by atoms with van der Waals surface area (Å²) in [6.45, 7) is 0. The van der Waals surface area contributed by atoms with Crippen molar-refractivity contribution in [2.75, 3.05) is 5.32 Å². The fourth-order valence-corrected chi connectivity index (χ4v) is 2.60. The van der Waals surface area contributed by atoms with Gasteiger partial charge in [-0.25, -0.2) is 4.98 Å².